The lowest BCUT2D eigenvalue weighted by Gasteiger charge is -2.15. The Morgan fingerprint density at radius 3 is 2.65 bits per heavy atom. The molecule has 1 N–H and O–H groups in total. The van der Waals surface area contributed by atoms with Gasteiger partial charge in [0.2, 0.25) is 5.91 Å². The Morgan fingerprint density at radius 1 is 1.26 bits per heavy atom. The second-order valence-corrected chi connectivity index (χ2v) is 6.73. The fourth-order valence-electron chi connectivity index (χ4n) is 2.72. The highest BCUT2D eigenvalue weighted by Crippen LogP contribution is 2.26. The number of carbonyl (C=O) groups is 3. The first kappa shape index (κ1) is 17.7. The molecule has 124 valence electrons. The molecule has 6 heteroatoms. The molecule has 3 amide bonds. The quantitative estimate of drug-likeness (QED) is 0.738. The van der Waals surface area contributed by atoms with Crippen LogP contribution in [0.2, 0.25) is 0 Å². The number of amides is 3. The molecule has 0 aliphatic carbocycles. The summed E-state index contributed by atoms with van der Waals surface area (Å²) in [5.74, 6) is -0.603. The summed E-state index contributed by atoms with van der Waals surface area (Å²) >= 11 is 3.30. The smallest absolute Gasteiger partial charge is 0.261 e. The Kier molecular flexibility index (Phi) is 5.93. The van der Waals surface area contributed by atoms with Crippen LogP contribution < -0.4 is 5.32 Å². The molecule has 1 aromatic rings. The molecular weight excluding hydrogens is 360 g/mol. The van der Waals surface area contributed by atoms with E-state index in [1.54, 1.807) is 18.2 Å². The standard InChI is InChI=1S/C17H21BrN2O3/c1-3-5-11(2)19-15(21)6-4-9-20-16(22)13-8-7-12(18)10-14(13)17(20)23/h7-8,10-11H,3-6,9H2,1-2H3,(H,19,21). The zero-order valence-electron chi connectivity index (χ0n) is 13.4. The molecular formula is C17H21BrN2O3. The van der Waals surface area contributed by atoms with Crippen LogP contribution in [0.25, 0.3) is 0 Å². The van der Waals surface area contributed by atoms with Gasteiger partial charge in [0.05, 0.1) is 11.1 Å². The number of carbonyl (C=O) groups excluding carboxylic acids is 3. The second-order valence-electron chi connectivity index (χ2n) is 5.81. The molecule has 1 unspecified atom stereocenters. The molecule has 0 aromatic heterocycles. The molecule has 2 rings (SSSR count). The molecule has 1 atom stereocenters. The van der Waals surface area contributed by atoms with Gasteiger partial charge >= 0.3 is 0 Å². The molecule has 0 spiro atoms. The van der Waals surface area contributed by atoms with Crippen LogP contribution in [-0.2, 0) is 4.79 Å². The molecule has 1 heterocycles. The summed E-state index contributed by atoms with van der Waals surface area (Å²) in [5.41, 5.74) is 0.851. The highest BCUT2D eigenvalue weighted by atomic mass is 79.9. The van der Waals surface area contributed by atoms with Crippen molar-refractivity contribution in [3.63, 3.8) is 0 Å². The van der Waals surface area contributed by atoms with E-state index in [9.17, 15) is 14.4 Å². The van der Waals surface area contributed by atoms with Crippen molar-refractivity contribution in [1.82, 2.24) is 10.2 Å². The van der Waals surface area contributed by atoms with Crippen molar-refractivity contribution >= 4 is 33.7 Å². The van der Waals surface area contributed by atoms with Gasteiger partial charge in [-0.1, -0.05) is 29.3 Å². The molecule has 1 aromatic carbocycles. The van der Waals surface area contributed by atoms with Crippen LogP contribution in [0.5, 0.6) is 0 Å². The average Bonchev–Trinajstić information content (AvgIpc) is 2.72. The molecule has 0 bridgehead atoms. The Morgan fingerprint density at radius 2 is 1.96 bits per heavy atom. The highest BCUT2D eigenvalue weighted by molar-refractivity contribution is 9.10. The Labute approximate surface area is 144 Å². The lowest BCUT2D eigenvalue weighted by molar-refractivity contribution is -0.121. The third kappa shape index (κ3) is 4.19. The number of hydrogen-bond acceptors (Lipinski definition) is 3. The maximum Gasteiger partial charge on any atom is 0.261 e. The molecule has 1 aliphatic heterocycles. The number of rotatable bonds is 7. The van der Waals surface area contributed by atoms with Gasteiger partial charge in [0.1, 0.15) is 0 Å². The van der Waals surface area contributed by atoms with E-state index in [0.29, 0.717) is 24.0 Å². The van der Waals surface area contributed by atoms with E-state index in [1.807, 2.05) is 6.92 Å². The van der Waals surface area contributed by atoms with Gasteiger partial charge in [0.15, 0.2) is 0 Å². The van der Waals surface area contributed by atoms with Gasteiger partial charge in [-0.15, -0.1) is 0 Å². The van der Waals surface area contributed by atoms with Gasteiger partial charge in [0, 0.05) is 23.5 Å². The fourth-order valence-corrected chi connectivity index (χ4v) is 3.08. The van der Waals surface area contributed by atoms with Crippen molar-refractivity contribution in [3.8, 4) is 0 Å². The summed E-state index contributed by atoms with van der Waals surface area (Å²) in [4.78, 5) is 37.6. The van der Waals surface area contributed by atoms with E-state index in [4.69, 9.17) is 0 Å². The Bertz CT molecular complexity index is 630. The summed E-state index contributed by atoms with van der Waals surface area (Å²) in [6.45, 7) is 4.31. The highest BCUT2D eigenvalue weighted by Gasteiger charge is 2.35. The van der Waals surface area contributed by atoms with Crippen LogP contribution in [0, 0.1) is 0 Å². The lowest BCUT2D eigenvalue weighted by atomic mass is 10.1. The van der Waals surface area contributed by atoms with Crippen molar-refractivity contribution in [3.05, 3.63) is 33.8 Å². The van der Waals surface area contributed by atoms with Crippen molar-refractivity contribution in [2.75, 3.05) is 6.54 Å². The third-order valence-electron chi connectivity index (χ3n) is 3.85. The van der Waals surface area contributed by atoms with E-state index in [0.717, 1.165) is 17.3 Å². The monoisotopic (exact) mass is 380 g/mol. The molecule has 23 heavy (non-hydrogen) atoms. The number of fused-ring (bicyclic) bond motifs is 1. The number of benzene rings is 1. The molecule has 0 saturated heterocycles. The summed E-state index contributed by atoms with van der Waals surface area (Å²) in [6.07, 6.45) is 2.74. The van der Waals surface area contributed by atoms with Crippen LogP contribution in [0.1, 0.15) is 60.2 Å². The molecule has 1 aliphatic rings. The number of nitrogens with one attached hydrogen (secondary N) is 1. The maximum atomic E-state index is 12.3. The zero-order valence-corrected chi connectivity index (χ0v) is 15.0. The van der Waals surface area contributed by atoms with E-state index in [2.05, 4.69) is 28.2 Å². The zero-order chi connectivity index (χ0) is 17.0. The van der Waals surface area contributed by atoms with Crippen LogP contribution >= 0.6 is 15.9 Å². The Hall–Kier alpha value is -1.69. The summed E-state index contributed by atoms with van der Waals surface area (Å²) in [7, 11) is 0. The van der Waals surface area contributed by atoms with E-state index >= 15 is 0 Å². The van der Waals surface area contributed by atoms with Crippen molar-refractivity contribution < 1.29 is 14.4 Å². The van der Waals surface area contributed by atoms with Crippen LogP contribution in [-0.4, -0.2) is 35.2 Å². The maximum absolute atomic E-state index is 12.3. The number of imide groups is 1. The Balaban J connectivity index is 1.87. The van der Waals surface area contributed by atoms with Crippen LogP contribution in [0.3, 0.4) is 0 Å². The number of nitrogens with zero attached hydrogens (tertiary/aromatic N) is 1. The first-order valence-electron chi connectivity index (χ1n) is 7.89. The van der Waals surface area contributed by atoms with Crippen molar-refractivity contribution in [2.45, 2.75) is 45.6 Å². The van der Waals surface area contributed by atoms with Gasteiger partial charge in [-0.3, -0.25) is 19.3 Å². The first-order chi connectivity index (χ1) is 10.9. The van der Waals surface area contributed by atoms with E-state index in [-0.39, 0.29) is 30.3 Å². The van der Waals surface area contributed by atoms with E-state index in [1.165, 1.54) is 4.90 Å². The minimum Gasteiger partial charge on any atom is -0.354 e. The fraction of sp³-hybridized carbons (Fsp3) is 0.471. The van der Waals surface area contributed by atoms with Gasteiger partial charge in [-0.05, 0) is 38.0 Å². The summed E-state index contributed by atoms with van der Waals surface area (Å²) < 4.78 is 0.767. The largest absolute Gasteiger partial charge is 0.354 e. The van der Waals surface area contributed by atoms with Gasteiger partial charge in [-0.2, -0.15) is 0 Å². The number of halogens is 1. The lowest BCUT2D eigenvalue weighted by Crippen LogP contribution is -2.34. The van der Waals surface area contributed by atoms with Crippen molar-refractivity contribution in [2.24, 2.45) is 0 Å². The van der Waals surface area contributed by atoms with Crippen molar-refractivity contribution in [1.29, 1.82) is 0 Å². The first-order valence-corrected chi connectivity index (χ1v) is 8.68. The van der Waals surface area contributed by atoms with Gasteiger partial charge in [-0.25, -0.2) is 0 Å². The van der Waals surface area contributed by atoms with Crippen LogP contribution in [0.4, 0.5) is 0 Å². The minimum atomic E-state index is -0.286. The minimum absolute atomic E-state index is 0.0368. The predicted molar refractivity (Wildman–Crippen MR) is 91.3 cm³/mol. The molecule has 0 radical (unpaired) electrons. The summed E-state index contributed by atoms with van der Waals surface area (Å²) in [5, 5.41) is 2.92. The molecule has 0 saturated carbocycles. The molecule has 5 nitrogen and oxygen atoms in total. The third-order valence-corrected chi connectivity index (χ3v) is 4.34. The summed E-state index contributed by atoms with van der Waals surface area (Å²) in [6, 6.07) is 5.22. The normalized spacial score (nSPS) is 14.8. The number of hydrogen-bond donors (Lipinski definition) is 1. The van der Waals surface area contributed by atoms with E-state index < -0.39 is 0 Å². The van der Waals surface area contributed by atoms with Gasteiger partial charge < -0.3 is 5.32 Å². The predicted octanol–water partition coefficient (Wildman–Crippen LogP) is 3.13. The average molecular weight is 381 g/mol. The topological polar surface area (TPSA) is 66.5 Å². The molecule has 0 fully saturated rings. The second kappa shape index (κ2) is 7.73. The van der Waals surface area contributed by atoms with Crippen LogP contribution in [0.15, 0.2) is 22.7 Å². The SMILES string of the molecule is CCCC(C)NC(=O)CCCN1C(=O)c2ccc(Br)cc2C1=O. The van der Waals surface area contributed by atoms with Gasteiger partial charge in [0.25, 0.3) is 11.8 Å².